The highest BCUT2D eigenvalue weighted by Crippen LogP contribution is 2.35. The lowest BCUT2D eigenvalue weighted by atomic mass is 10.1. The number of aliphatic imine (C=N–C) groups is 2. The van der Waals surface area contributed by atoms with Crippen molar-refractivity contribution in [3.63, 3.8) is 0 Å². The molecule has 1 amide bonds. The van der Waals surface area contributed by atoms with Crippen LogP contribution >= 0.6 is 0 Å². The van der Waals surface area contributed by atoms with E-state index in [1.54, 1.807) is 32.3 Å². The normalized spacial score (nSPS) is 17.8. The van der Waals surface area contributed by atoms with Crippen molar-refractivity contribution in [2.45, 2.75) is 33.2 Å². The SMILES string of the molecule is CCC1CN2C=Nc3oc(C)c(C(=O)Nc4ccc(C)c(F)c4)c3C2=N1. The average Bonchev–Trinajstić information content (AvgIpc) is 3.17. The van der Waals surface area contributed by atoms with Crippen molar-refractivity contribution in [1.29, 1.82) is 0 Å². The molecule has 0 bridgehead atoms. The molecule has 2 aliphatic heterocycles. The Morgan fingerprint density at radius 3 is 2.96 bits per heavy atom. The summed E-state index contributed by atoms with van der Waals surface area (Å²) in [4.78, 5) is 23.8. The van der Waals surface area contributed by atoms with Gasteiger partial charge in [0.25, 0.3) is 5.91 Å². The number of nitrogens with one attached hydrogen (secondary N) is 1. The third kappa shape index (κ3) is 2.60. The molecule has 0 radical (unpaired) electrons. The van der Waals surface area contributed by atoms with Crippen molar-refractivity contribution in [2.24, 2.45) is 9.98 Å². The molecule has 0 saturated heterocycles. The van der Waals surface area contributed by atoms with E-state index < -0.39 is 0 Å². The standard InChI is InChI=1S/C19H19FN4O2/c1-4-12-8-24-9-21-19-16(17(24)22-12)15(11(3)26-19)18(25)23-13-6-5-10(2)14(20)7-13/h5-7,9,12H,4,8H2,1-3H3,(H,23,25). The summed E-state index contributed by atoms with van der Waals surface area (Å²) in [5.74, 6) is 0.820. The molecule has 6 nitrogen and oxygen atoms in total. The molecule has 2 aliphatic rings. The zero-order chi connectivity index (χ0) is 18.4. The van der Waals surface area contributed by atoms with Crippen LogP contribution in [0, 0.1) is 19.7 Å². The summed E-state index contributed by atoms with van der Waals surface area (Å²) >= 11 is 0. The fourth-order valence-electron chi connectivity index (χ4n) is 3.22. The number of rotatable bonds is 3. The molecule has 2 aromatic rings. The lowest BCUT2D eigenvalue weighted by Crippen LogP contribution is -2.31. The first kappa shape index (κ1) is 16.5. The zero-order valence-corrected chi connectivity index (χ0v) is 14.8. The van der Waals surface area contributed by atoms with E-state index in [4.69, 9.17) is 9.41 Å². The second-order valence-electron chi connectivity index (χ2n) is 6.54. The summed E-state index contributed by atoms with van der Waals surface area (Å²) in [6.45, 7) is 6.21. The largest absolute Gasteiger partial charge is 0.442 e. The van der Waals surface area contributed by atoms with E-state index in [1.165, 1.54) is 6.07 Å². The van der Waals surface area contributed by atoms with Crippen molar-refractivity contribution >= 4 is 29.7 Å². The van der Waals surface area contributed by atoms with Gasteiger partial charge in [0.05, 0.1) is 17.2 Å². The van der Waals surface area contributed by atoms with Gasteiger partial charge in [-0.3, -0.25) is 9.79 Å². The van der Waals surface area contributed by atoms with Crippen molar-refractivity contribution in [1.82, 2.24) is 4.90 Å². The van der Waals surface area contributed by atoms with E-state index in [1.807, 2.05) is 4.90 Å². The minimum Gasteiger partial charge on any atom is -0.442 e. The first-order chi connectivity index (χ1) is 12.5. The minimum absolute atomic E-state index is 0.166. The minimum atomic E-state index is -0.365. The number of carbonyl (C=O) groups excluding carboxylic acids is 1. The lowest BCUT2D eigenvalue weighted by molar-refractivity contribution is 0.102. The Hall–Kier alpha value is -2.96. The van der Waals surface area contributed by atoms with Crippen LogP contribution in [0.4, 0.5) is 16.0 Å². The second kappa shape index (κ2) is 6.09. The summed E-state index contributed by atoms with van der Waals surface area (Å²) in [6, 6.07) is 4.77. The fraction of sp³-hybridized carbons (Fsp3) is 0.316. The van der Waals surface area contributed by atoms with Gasteiger partial charge in [0.1, 0.15) is 23.8 Å². The molecule has 3 heterocycles. The van der Waals surface area contributed by atoms with Crippen LogP contribution in [0.15, 0.2) is 32.6 Å². The molecule has 1 aromatic heterocycles. The monoisotopic (exact) mass is 354 g/mol. The van der Waals surface area contributed by atoms with E-state index >= 15 is 0 Å². The average molecular weight is 354 g/mol. The quantitative estimate of drug-likeness (QED) is 0.911. The molecule has 0 spiro atoms. The number of fused-ring (bicyclic) bond motifs is 3. The third-order valence-electron chi connectivity index (χ3n) is 4.72. The van der Waals surface area contributed by atoms with Gasteiger partial charge >= 0.3 is 0 Å². The van der Waals surface area contributed by atoms with Gasteiger partial charge in [-0.15, -0.1) is 0 Å². The summed E-state index contributed by atoms with van der Waals surface area (Å²) in [5, 5.41) is 2.74. The number of aryl methyl sites for hydroxylation is 2. The molecule has 1 unspecified atom stereocenters. The maximum absolute atomic E-state index is 13.8. The van der Waals surface area contributed by atoms with Crippen LogP contribution in [0.1, 0.15) is 40.6 Å². The molecule has 0 saturated carbocycles. The van der Waals surface area contributed by atoms with Crippen LogP contribution in [-0.2, 0) is 0 Å². The molecule has 1 aromatic carbocycles. The number of anilines is 1. The van der Waals surface area contributed by atoms with Crippen molar-refractivity contribution < 1.29 is 13.6 Å². The molecule has 1 N–H and O–H groups in total. The van der Waals surface area contributed by atoms with Crippen LogP contribution in [0.2, 0.25) is 0 Å². The van der Waals surface area contributed by atoms with Crippen molar-refractivity contribution in [2.75, 3.05) is 11.9 Å². The smallest absolute Gasteiger partial charge is 0.260 e. The van der Waals surface area contributed by atoms with E-state index in [9.17, 15) is 9.18 Å². The van der Waals surface area contributed by atoms with E-state index in [-0.39, 0.29) is 17.8 Å². The Morgan fingerprint density at radius 1 is 1.42 bits per heavy atom. The number of amidine groups is 1. The number of amides is 1. The summed E-state index contributed by atoms with van der Waals surface area (Å²) in [7, 11) is 0. The number of hydrogen-bond donors (Lipinski definition) is 1. The van der Waals surface area contributed by atoms with Gasteiger partial charge in [0, 0.05) is 12.2 Å². The Bertz CT molecular complexity index is 961. The first-order valence-electron chi connectivity index (χ1n) is 8.57. The highest BCUT2D eigenvalue weighted by Gasteiger charge is 2.35. The Kier molecular flexibility index (Phi) is 3.86. The molecule has 0 aliphatic carbocycles. The van der Waals surface area contributed by atoms with Gasteiger partial charge in [-0.1, -0.05) is 13.0 Å². The van der Waals surface area contributed by atoms with Crippen molar-refractivity contribution in [3.8, 4) is 0 Å². The highest BCUT2D eigenvalue weighted by atomic mass is 19.1. The topological polar surface area (TPSA) is 70.2 Å². The van der Waals surface area contributed by atoms with Crippen LogP contribution in [0.25, 0.3) is 0 Å². The van der Waals surface area contributed by atoms with E-state index in [0.717, 1.165) is 13.0 Å². The summed E-state index contributed by atoms with van der Waals surface area (Å²) in [6.07, 6.45) is 2.60. The van der Waals surface area contributed by atoms with Crippen LogP contribution in [0.5, 0.6) is 0 Å². The zero-order valence-electron chi connectivity index (χ0n) is 14.8. The molecular formula is C19H19FN4O2. The maximum atomic E-state index is 13.8. The van der Waals surface area contributed by atoms with Gasteiger partial charge in [-0.25, -0.2) is 9.38 Å². The first-order valence-corrected chi connectivity index (χ1v) is 8.57. The number of benzene rings is 1. The molecule has 0 fully saturated rings. The Morgan fingerprint density at radius 2 is 2.23 bits per heavy atom. The van der Waals surface area contributed by atoms with Gasteiger partial charge in [-0.2, -0.15) is 0 Å². The number of nitrogens with zero attached hydrogens (tertiary/aromatic N) is 3. The summed E-state index contributed by atoms with van der Waals surface area (Å²) in [5.41, 5.74) is 1.91. The van der Waals surface area contributed by atoms with Crippen LogP contribution in [0.3, 0.4) is 0 Å². The predicted molar refractivity (Wildman–Crippen MR) is 98.0 cm³/mol. The number of halogens is 1. The predicted octanol–water partition coefficient (Wildman–Crippen LogP) is 3.80. The molecule has 1 atom stereocenters. The second-order valence-corrected chi connectivity index (χ2v) is 6.54. The highest BCUT2D eigenvalue weighted by molar-refractivity contribution is 6.19. The van der Waals surface area contributed by atoms with E-state index in [2.05, 4.69) is 17.2 Å². The number of hydrogen-bond acceptors (Lipinski definition) is 5. The van der Waals surface area contributed by atoms with Gasteiger partial charge in [0.15, 0.2) is 0 Å². The molecule has 26 heavy (non-hydrogen) atoms. The number of furan rings is 1. The van der Waals surface area contributed by atoms with Gasteiger partial charge in [-0.05, 0) is 38.0 Å². The summed E-state index contributed by atoms with van der Waals surface area (Å²) < 4.78 is 19.4. The number of carbonyl (C=O) groups is 1. The molecule has 134 valence electrons. The van der Waals surface area contributed by atoms with E-state index in [0.29, 0.717) is 39.9 Å². The molecule has 7 heteroatoms. The lowest BCUT2D eigenvalue weighted by Gasteiger charge is -2.18. The fourth-order valence-corrected chi connectivity index (χ4v) is 3.22. The van der Waals surface area contributed by atoms with Crippen molar-refractivity contribution in [3.05, 3.63) is 46.5 Å². The molecule has 4 rings (SSSR count). The van der Waals surface area contributed by atoms with Gasteiger partial charge in [0.2, 0.25) is 5.88 Å². The third-order valence-corrected chi connectivity index (χ3v) is 4.72. The Balaban J connectivity index is 1.72. The molecular weight excluding hydrogens is 335 g/mol. The van der Waals surface area contributed by atoms with Crippen LogP contribution < -0.4 is 5.32 Å². The van der Waals surface area contributed by atoms with Crippen LogP contribution in [-0.4, -0.2) is 35.6 Å². The Labute approximate surface area is 150 Å². The van der Waals surface area contributed by atoms with Gasteiger partial charge < -0.3 is 14.6 Å². The maximum Gasteiger partial charge on any atom is 0.260 e.